The third-order valence-corrected chi connectivity index (χ3v) is 1.73. The van der Waals surface area contributed by atoms with Crippen molar-refractivity contribution in [2.75, 3.05) is 0 Å². The minimum Gasteiger partial charge on any atom is -0.351 e. The van der Waals surface area contributed by atoms with Crippen LogP contribution in [0.3, 0.4) is 0 Å². The number of rotatable bonds is 0. The predicted octanol–water partition coefficient (Wildman–Crippen LogP) is 1.95. The van der Waals surface area contributed by atoms with E-state index >= 15 is 0 Å². The van der Waals surface area contributed by atoms with Crippen molar-refractivity contribution < 1.29 is 4.79 Å². The van der Waals surface area contributed by atoms with Crippen molar-refractivity contribution in [1.29, 1.82) is 0 Å². The van der Waals surface area contributed by atoms with Crippen LogP contribution in [0.25, 0.3) is 0 Å². The number of nitrogens with one attached hydrogen (secondary N) is 1. The predicted molar refractivity (Wildman–Crippen MR) is 47.4 cm³/mol. The van der Waals surface area contributed by atoms with Crippen molar-refractivity contribution in [3.8, 4) is 0 Å². The molecule has 0 saturated carbocycles. The molecular weight excluding hydrogens is 138 g/mol. The molecule has 0 aromatic heterocycles. The standard InChI is InChI=1S/C7H13NO.C2H6/c1-5-4-7(2,3)8-6(5)9;1-2/h5H,4H2,1-3H3,(H,8,9);1-2H3/t5-;/m1./s1. The van der Waals surface area contributed by atoms with Crippen LogP contribution in [0.1, 0.15) is 41.0 Å². The Morgan fingerprint density at radius 3 is 2.00 bits per heavy atom. The molecule has 1 amide bonds. The molecule has 1 N–H and O–H groups in total. The number of hydrogen-bond acceptors (Lipinski definition) is 1. The summed E-state index contributed by atoms with van der Waals surface area (Å²) in [5.74, 6) is 0.403. The van der Waals surface area contributed by atoms with Gasteiger partial charge in [0.1, 0.15) is 0 Å². The third-order valence-electron chi connectivity index (χ3n) is 1.73. The normalized spacial score (nSPS) is 27.0. The van der Waals surface area contributed by atoms with E-state index in [1.54, 1.807) is 0 Å². The molecule has 0 unspecified atom stereocenters. The van der Waals surface area contributed by atoms with Crippen LogP contribution in [-0.4, -0.2) is 11.4 Å². The summed E-state index contributed by atoms with van der Waals surface area (Å²) >= 11 is 0. The van der Waals surface area contributed by atoms with Gasteiger partial charge in [-0.15, -0.1) is 0 Å². The number of carbonyl (C=O) groups excluding carboxylic acids is 1. The average Bonchev–Trinajstić information content (AvgIpc) is 2.10. The minimum absolute atomic E-state index is 0.0382. The lowest BCUT2D eigenvalue weighted by Crippen LogP contribution is -2.34. The second-order valence-electron chi connectivity index (χ2n) is 3.48. The van der Waals surface area contributed by atoms with Gasteiger partial charge in [0.25, 0.3) is 0 Å². The van der Waals surface area contributed by atoms with Crippen LogP contribution in [0.2, 0.25) is 0 Å². The molecule has 2 heteroatoms. The lowest BCUT2D eigenvalue weighted by atomic mass is 9.98. The lowest BCUT2D eigenvalue weighted by molar-refractivity contribution is -0.122. The van der Waals surface area contributed by atoms with Gasteiger partial charge in [-0.05, 0) is 20.3 Å². The molecule has 0 aromatic rings. The van der Waals surface area contributed by atoms with E-state index in [1.165, 1.54) is 0 Å². The van der Waals surface area contributed by atoms with E-state index in [4.69, 9.17) is 0 Å². The third kappa shape index (κ3) is 2.91. The second-order valence-corrected chi connectivity index (χ2v) is 3.48. The fourth-order valence-electron chi connectivity index (χ4n) is 1.37. The van der Waals surface area contributed by atoms with Crippen molar-refractivity contribution in [2.24, 2.45) is 5.92 Å². The molecule has 0 aliphatic carbocycles. The maximum Gasteiger partial charge on any atom is 0.223 e. The van der Waals surface area contributed by atoms with Gasteiger partial charge >= 0.3 is 0 Å². The molecule has 1 fully saturated rings. The molecule has 0 radical (unpaired) electrons. The molecule has 1 aliphatic heterocycles. The summed E-state index contributed by atoms with van der Waals surface area (Å²) in [7, 11) is 0. The molecule has 1 heterocycles. The number of amides is 1. The Kier molecular flexibility index (Phi) is 3.56. The molecular formula is C9H19NO. The highest BCUT2D eigenvalue weighted by molar-refractivity contribution is 5.81. The quantitative estimate of drug-likeness (QED) is 0.572. The maximum absolute atomic E-state index is 10.9. The molecule has 1 atom stereocenters. The van der Waals surface area contributed by atoms with Gasteiger partial charge in [0, 0.05) is 11.5 Å². The summed E-state index contributed by atoms with van der Waals surface area (Å²) in [6, 6.07) is 0. The molecule has 0 spiro atoms. The molecule has 1 saturated heterocycles. The molecule has 11 heavy (non-hydrogen) atoms. The van der Waals surface area contributed by atoms with Crippen molar-refractivity contribution in [3.05, 3.63) is 0 Å². The summed E-state index contributed by atoms with van der Waals surface area (Å²) in [5, 5.41) is 2.90. The van der Waals surface area contributed by atoms with Gasteiger partial charge < -0.3 is 5.32 Å². The summed E-state index contributed by atoms with van der Waals surface area (Å²) in [4.78, 5) is 10.9. The average molecular weight is 157 g/mol. The Hall–Kier alpha value is -0.530. The molecule has 0 aromatic carbocycles. The lowest BCUT2D eigenvalue weighted by Gasteiger charge is -2.15. The highest BCUT2D eigenvalue weighted by atomic mass is 16.2. The maximum atomic E-state index is 10.9. The van der Waals surface area contributed by atoms with Crippen molar-refractivity contribution in [1.82, 2.24) is 5.32 Å². The fourth-order valence-corrected chi connectivity index (χ4v) is 1.37. The van der Waals surface area contributed by atoms with E-state index in [-0.39, 0.29) is 17.4 Å². The Balaban J connectivity index is 0.000000461. The highest BCUT2D eigenvalue weighted by Crippen LogP contribution is 2.23. The Morgan fingerprint density at radius 1 is 1.45 bits per heavy atom. The van der Waals surface area contributed by atoms with E-state index in [0.29, 0.717) is 0 Å². The first-order valence-electron chi connectivity index (χ1n) is 4.33. The minimum atomic E-state index is 0.0382. The van der Waals surface area contributed by atoms with Gasteiger partial charge in [0.2, 0.25) is 5.91 Å². The van der Waals surface area contributed by atoms with Crippen LogP contribution >= 0.6 is 0 Å². The summed E-state index contributed by atoms with van der Waals surface area (Å²) in [5.41, 5.74) is 0.0382. The van der Waals surface area contributed by atoms with Crippen LogP contribution in [0.15, 0.2) is 0 Å². The number of hydrogen-bond donors (Lipinski definition) is 1. The van der Waals surface area contributed by atoms with Gasteiger partial charge in [0.15, 0.2) is 0 Å². The van der Waals surface area contributed by atoms with E-state index < -0.39 is 0 Å². The zero-order valence-corrected chi connectivity index (χ0v) is 8.19. The molecule has 1 aliphatic rings. The highest BCUT2D eigenvalue weighted by Gasteiger charge is 2.33. The fraction of sp³-hybridized carbons (Fsp3) is 0.889. The van der Waals surface area contributed by atoms with Crippen LogP contribution in [0, 0.1) is 5.92 Å². The first-order valence-corrected chi connectivity index (χ1v) is 4.33. The van der Waals surface area contributed by atoms with Crippen molar-refractivity contribution >= 4 is 5.91 Å². The van der Waals surface area contributed by atoms with E-state index in [2.05, 4.69) is 19.2 Å². The molecule has 0 bridgehead atoms. The smallest absolute Gasteiger partial charge is 0.223 e. The van der Waals surface area contributed by atoms with Crippen LogP contribution in [-0.2, 0) is 4.79 Å². The monoisotopic (exact) mass is 157 g/mol. The van der Waals surface area contributed by atoms with E-state index in [0.717, 1.165) is 6.42 Å². The van der Waals surface area contributed by atoms with Crippen LogP contribution in [0.5, 0.6) is 0 Å². The summed E-state index contributed by atoms with van der Waals surface area (Å²) in [6.07, 6.45) is 0.964. The van der Waals surface area contributed by atoms with E-state index in [1.807, 2.05) is 20.8 Å². The van der Waals surface area contributed by atoms with Crippen LogP contribution in [0.4, 0.5) is 0 Å². The van der Waals surface area contributed by atoms with Crippen molar-refractivity contribution in [2.45, 2.75) is 46.6 Å². The Morgan fingerprint density at radius 2 is 1.91 bits per heavy atom. The molecule has 2 nitrogen and oxygen atoms in total. The first-order chi connectivity index (χ1) is 5.01. The van der Waals surface area contributed by atoms with Crippen LogP contribution < -0.4 is 5.32 Å². The van der Waals surface area contributed by atoms with Gasteiger partial charge in [-0.3, -0.25) is 4.79 Å². The van der Waals surface area contributed by atoms with Gasteiger partial charge in [-0.25, -0.2) is 0 Å². The Bertz CT molecular complexity index is 140. The van der Waals surface area contributed by atoms with Gasteiger partial charge in [0.05, 0.1) is 0 Å². The van der Waals surface area contributed by atoms with E-state index in [9.17, 15) is 4.79 Å². The topological polar surface area (TPSA) is 29.1 Å². The zero-order valence-electron chi connectivity index (χ0n) is 8.19. The summed E-state index contributed by atoms with van der Waals surface area (Å²) in [6.45, 7) is 10.1. The zero-order chi connectivity index (χ0) is 9.07. The first kappa shape index (κ1) is 10.5. The summed E-state index contributed by atoms with van der Waals surface area (Å²) < 4.78 is 0. The largest absolute Gasteiger partial charge is 0.351 e. The molecule has 66 valence electrons. The number of carbonyl (C=O) groups is 1. The molecule has 1 rings (SSSR count). The SMILES string of the molecule is CC.C[C@@H]1CC(C)(C)NC1=O. The second kappa shape index (κ2) is 3.74. The Labute approximate surface area is 69.4 Å². The van der Waals surface area contributed by atoms with Gasteiger partial charge in [-0.1, -0.05) is 20.8 Å². The van der Waals surface area contributed by atoms with Gasteiger partial charge in [-0.2, -0.15) is 0 Å². The van der Waals surface area contributed by atoms with Crippen molar-refractivity contribution in [3.63, 3.8) is 0 Å².